The molecule has 0 unspecified atom stereocenters. The van der Waals surface area contributed by atoms with Crippen LogP contribution in [-0.2, 0) is 6.61 Å². The molecule has 2 N–H and O–H groups in total. The molecular weight excluding hydrogens is 356 g/mol. The number of rotatable bonds is 4. The number of hydrogen-bond donors (Lipinski definition) is 1. The molecule has 2 aromatic rings. The van der Waals surface area contributed by atoms with E-state index in [2.05, 4.69) is 27.8 Å². The van der Waals surface area contributed by atoms with Gasteiger partial charge < -0.3 is 10.5 Å². The molecule has 0 spiro atoms. The summed E-state index contributed by atoms with van der Waals surface area (Å²) in [5.41, 5.74) is 6.20. The summed E-state index contributed by atoms with van der Waals surface area (Å²) in [5.74, 6) is 6.16. The van der Waals surface area contributed by atoms with Gasteiger partial charge in [0.1, 0.15) is 12.4 Å². The zero-order chi connectivity index (χ0) is 15.2. The highest BCUT2D eigenvalue weighted by molar-refractivity contribution is 9.10. The molecule has 0 radical (unpaired) electrons. The van der Waals surface area contributed by atoms with Gasteiger partial charge in [0.15, 0.2) is 0 Å². The lowest BCUT2D eigenvalue weighted by molar-refractivity contribution is -0.385. The van der Waals surface area contributed by atoms with Gasteiger partial charge in [0, 0.05) is 26.4 Å². The second-order valence-corrected chi connectivity index (χ2v) is 5.91. The van der Waals surface area contributed by atoms with Crippen LogP contribution in [-0.4, -0.2) is 11.5 Å². The SMILES string of the molecule is NCC#Cc1csc(COc2cc(Br)cc([N+](=O)[O-])c2)c1. The second-order valence-electron chi connectivity index (χ2n) is 4.00. The zero-order valence-corrected chi connectivity index (χ0v) is 13.2. The minimum Gasteiger partial charge on any atom is -0.488 e. The van der Waals surface area contributed by atoms with Crippen LogP contribution in [0.25, 0.3) is 0 Å². The molecular formula is C14H11BrN2O3S. The Morgan fingerprint density at radius 1 is 1.38 bits per heavy atom. The molecule has 1 heterocycles. The first-order valence-electron chi connectivity index (χ1n) is 5.92. The summed E-state index contributed by atoms with van der Waals surface area (Å²) >= 11 is 4.75. The van der Waals surface area contributed by atoms with Crippen molar-refractivity contribution in [1.82, 2.24) is 0 Å². The molecule has 0 saturated heterocycles. The molecule has 0 saturated carbocycles. The predicted molar refractivity (Wildman–Crippen MR) is 85.4 cm³/mol. The Morgan fingerprint density at radius 3 is 2.90 bits per heavy atom. The number of nitrogens with two attached hydrogens (primary N) is 1. The smallest absolute Gasteiger partial charge is 0.274 e. The summed E-state index contributed by atoms with van der Waals surface area (Å²) in [4.78, 5) is 11.3. The third-order valence-corrected chi connectivity index (χ3v) is 3.80. The summed E-state index contributed by atoms with van der Waals surface area (Å²) in [7, 11) is 0. The van der Waals surface area contributed by atoms with Crippen molar-refractivity contribution in [2.24, 2.45) is 5.73 Å². The van der Waals surface area contributed by atoms with Crippen molar-refractivity contribution < 1.29 is 9.66 Å². The Hall–Kier alpha value is -1.88. The molecule has 1 aromatic heterocycles. The monoisotopic (exact) mass is 366 g/mol. The topological polar surface area (TPSA) is 78.4 Å². The van der Waals surface area contributed by atoms with Crippen LogP contribution in [0.1, 0.15) is 10.4 Å². The highest BCUT2D eigenvalue weighted by atomic mass is 79.9. The van der Waals surface area contributed by atoms with Crippen LogP contribution in [0.5, 0.6) is 5.75 Å². The summed E-state index contributed by atoms with van der Waals surface area (Å²) in [6.45, 7) is 0.659. The van der Waals surface area contributed by atoms with Gasteiger partial charge in [-0.15, -0.1) is 11.3 Å². The number of ether oxygens (including phenoxy) is 1. The standard InChI is InChI=1S/C14H11BrN2O3S/c15-11-5-12(17(18)19)7-13(6-11)20-8-14-4-10(9-21-14)2-1-3-16/h4-7,9H,3,8,16H2. The van der Waals surface area contributed by atoms with Crippen molar-refractivity contribution in [2.75, 3.05) is 6.54 Å². The highest BCUT2D eigenvalue weighted by Crippen LogP contribution is 2.27. The number of non-ortho nitro benzene ring substituents is 1. The fourth-order valence-corrected chi connectivity index (χ4v) is 2.75. The van der Waals surface area contributed by atoms with Crippen LogP contribution >= 0.6 is 27.3 Å². The van der Waals surface area contributed by atoms with Gasteiger partial charge in [0.05, 0.1) is 17.5 Å². The molecule has 0 aliphatic heterocycles. The molecule has 0 amide bonds. The fourth-order valence-electron chi connectivity index (χ4n) is 1.57. The molecule has 0 atom stereocenters. The summed E-state index contributed by atoms with van der Waals surface area (Å²) in [5, 5.41) is 12.7. The minimum atomic E-state index is -0.455. The third-order valence-electron chi connectivity index (χ3n) is 2.44. The van der Waals surface area contributed by atoms with Crippen molar-refractivity contribution >= 4 is 33.0 Å². The van der Waals surface area contributed by atoms with Gasteiger partial charge in [0.25, 0.3) is 5.69 Å². The molecule has 0 aliphatic rings. The first-order chi connectivity index (χ1) is 10.1. The van der Waals surface area contributed by atoms with Crippen LogP contribution in [0.15, 0.2) is 34.1 Å². The van der Waals surface area contributed by atoms with Crippen LogP contribution < -0.4 is 10.5 Å². The Morgan fingerprint density at radius 2 is 2.19 bits per heavy atom. The molecule has 108 valence electrons. The van der Waals surface area contributed by atoms with Crippen LogP contribution in [0.4, 0.5) is 5.69 Å². The maximum absolute atomic E-state index is 10.8. The lowest BCUT2D eigenvalue weighted by atomic mass is 10.3. The fraction of sp³-hybridized carbons (Fsp3) is 0.143. The number of nitro benzene ring substituents is 1. The summed E-state index contributed by atoms with van der Waals surface area (Å²) in [6.07, 6.45) is 0. The van der Waals surface area contributed by atoms with E-state index < -0.39 is 4.92 Å². The van der Waals surface area contributed by atoms with E-state index in [-0.39, 0.29) is 5.69 Å². The third kappa shape index (κ3) is 4.56. The molecule has 5 nitrogen and oxygen atoms in total. The highest BCUT2D eigenvalue weighted by Gasteiger charge is 2.10. The van der Waals surface area contributed by atoms with Gasteiger partial charge in [0.2, 0.25) is 0 Å². The van der Waals surface area contributed by atoms with E-state index in [0.717, 1.165) is 10.4 Å². The second kappa shape index (κ2) is 7.22. The number of nitrogens with zero attached hydrogens (tertiary/aromatic N) is 1. The van der Waals surface area contributed by atoms with Gasteiger partial charge in [-0.2, -0.15) is 0 Å². The zero-order valence-electron chi connectivity index (χ0n) is 10.8. The van der Waals surface area contributed by atoms with E-state index in [0.29, 0.717) is 23.4 Å². The van der Waals surface area contributed by atoms with E-state index >= 15 is 0 Å². The molecule has 0 bridgehead atoms. The van der Waals surface area contributed by atoms with Gasteiger partial charge in [-0.1, -0.05) is 27.8 Å². The number of benzene rings is 1. The molecule has 21 heavy (non-hydrogen) atoms. The van der Waals surface area contributed by atoms with E-state index in [1.54, 1.807) is 6.07 Å². The number of nitro groups is 1. The van der Waals surface area contributed by atoms with Crippen molar-refractivity contribution in [3.8, 4) is 17.6 Å². The number of halogens is 1. The predicted octanol–water partition coefficient (Wildman–Crippen LogP) is 3.31. The lowest BCUT2D eigenvalue weighted by Crippen LogP contribution is -1.95. The first kappa shape index (κ1) is 15.5. The molecule has 0 aliphatic carbocycles. The van der Waals surface area contributed by atoms with Gasteiger partial charge in [-0.25, -0.2) is 0 Å². The van der Waals surface area contributed by atoms with Crippen LogP contribution in [0.3, 0.4) is 0 Å². The molecule has 7 heteroatoms. The maximum Gasteiger partial charge on any atom is 0.274 e. The lowest BCUT2D eigenvalue weighted by Gasteiger charge is -2.05. The molecule has 0 fully saturated rings. The van der Waals surface area contributed by atoms with Crippen LogP contribution in [0, 0.1) is 22.0 Å². The van der Waals surface area contributed by atoms with E-state index in [4.69, 9.17) is 10.5 Å². The average molecular weight is 367 g/mol. The van der Waals surface area contributed by atoms with Gasteiger partial charge >= 0.3 is 0 Å². The molecule has 1 aromatic carbocycles. The van der Waals surface area contributed by atoms with Crippen molar-refractivity contribution in [3.63, 3.8) is 0 Å². The Labute approximate surface area is 134 Å². The maximum atomic E-state index is 10.8. The van der Waals surface area contributed by atoms with E-state index in [9.17, 15) is 10.1 Å². The summed E-state index contributed by atoms with van der Waals surface area (Å²) < 4.78 is 6.19. The van der Waals surface area contributed by atoms with Crippen LogP contribution in [0.2, 0.25) is 0 Å². The van der Waals surface area contributed by atoms with E-state index in [1.807, 2.05) is 11.4 Å². The average Bonchev–Trinajstić information content (AvgIpc) is 2.90. The van der Waals surface area contributed by atoms with Gasteiger partial charge in [-0.3, -0.25) is 10.1 Å². The van der Waals surface area contributed by atoms with Crippen molar-refractivity contribution in [2.45, 2.75) is 6.61 Å². The van der Waals surface area contributed by atoms with Crippen molar-refractivity contribution in [1.29, 1.82) is 0 Å². The Balaban J connectivity index is 2.06. The molecule has 2 rings (SSSR count). The Kier molecular flexibility index (Phi) is 5.33. The minimum absolute atomic E-state index is 0.0138. The summed E-state index contributed by atoms with van der Waals surface area (Å²) in [6, 6.07) is 6.43. The van der Waals surface area contributed by atoms with Gasteiger partial charge in [-0.05, 0) is 12.1 Å². The largest absolute Gasteiger partial charge is 0.488 e. The number of thiophene rings is 1. The normalized spacial score (nSPS) is 9.81. The number of hydrogen-bond acceptors (Lipinski definition) is 5. The Bertz CT molecular complexity index is 718. The van der Waals surface area contributed by atoms with Crippen molar-refractivity contribution in [3.05, 3.63) is 54.7 Å². The quantitative estimate of drug-likeness (QED) is 0.511. The van der Waals surface area contributed by atoms with E-state index in [1.165, 1.54) is 23.5 Å². The first-order valence-corrected chi connectivity index (χ1v) is 7.60.